The molecule has 0 bridgehead atoms. The summed E-state index contributed by atoms with van der Waals surface area (Å²) >= 11 is 0. The molecular weight excluding hydrogens is 239 g/mol. The van der Waals surface area contributed by atoms with Gasteiger partial charge >= 0.3 is 7.82 Å². The quantitative estimate of drug-likeness (QED) is 0.515. The lowest BCUT2D eigenvalue weighted by Gasteiger charge is -2.14. The number of rotatable bonds is 7. The minimum Gasteiger partial charge on any atom is -0.287 e. The second kappa shape index (κ2) is 7.86. The number of hydrogen-bond donors (Lipinski definition) is 0. The first-order valence-corrected chi connectivity index (χ1v) is 7.25. The van der Waals surface area contributed by atoms with Crippen LogP contribution in [0, 0.1) is 5.41 Å². The molecule has 0 aliphatic heterocycles. The summed E-state index contributed by atoms with van der Waals surface area (Å²) in [7, 11) is -3.39. The van der Waals surface area contributed by atoms with Gasteiger partial charge < -0.3 is 0 Å². The van der Waals surface area contributed by atoms with E-state index >= 15 is 0 Å². The number of hydrogen-bond acceptors (Lipinski definition) is 4. The maximum Gasteiger partial charge on any atom is 0.475 e. The van der Waals surface area contributed by atoms with Crippen LogP contribution in [0.4, 0.5) is 0 Å². The van der Waals surface area contributed by atoms with Crippen LogP contribution in [0.2, 0.25) is 0 Å². The maximum absolute atomic E-state index is 11.8. The van der Waals surface area contributed by atoms with Gasteiger partial charge in [-0.25, -0.2) is 4.57 Å². The van der Waals surface area contributed by atoms with E-state index < -0.39 is 7.82 Å². The molecule has 0 rings (SSSR count). The molecule has 0 radical (unpaired) electrons. The Hall–Kier alpha value is -0.370. The van der Waals surface area contributed by atoms with E-state index in [9.17, 15) is 4.57 Å². The van der Waals surface area contributed by atoms with E-state index in [1.807, 2.05) is 6.08 Å². The van der Waals surface area contributed by atoms with Gasteiger partial charge in [0.25, 0.3) is 0 Å². The molecule has 17 heavy (non-hydrogen) atoms. The molecular formula is C12H23O4P. The molecule has 0 saturated heterocycles. The molecule has 0 unspecified atom stereocenters. The highest BCUT2D eigenvalue weighted by Crippen LogP contribution is 2.48. The molecule has 0 aliphatic carbocycles. The SMILES string of the molecule is CCOP(=O)(OCC)OCC=C=CC(C)(C)C. The highest BCUT2D eigenvalue weighted by Gasteiger charge is 2.24. The highest BCUT2D eigenvalue weighted by molar-refractivity contribution is 7.48. The first kappa shape index (κ1) is 16.6. The van der Waals surface area contributed by atoms with Gasteiger partial charge in [-0.1, -0.05) is 20.8 Å². The molecule has 100 valence electrons. The molecule has 0 heterocycles. The van der Waals surface area contributed by atoms with Crippen molar-refractivity contribution in [1.29, 1.82) is 0 Å². The Morgan fingerprint density at radius 3 is 2.06 bits per heavy atom. The van der Waals surface area contributed by atoms with Crippen molar-refractivity contribution in [3.05, 3.63) is 17.9 Å². The third kappa shape index (κ3) is 9.34. The molecule has 0 amide bonds. The lowest BCUT2D eigenvalue weighted by Crippen LogP contribution is -2.00. The zero-order valence-corrected chi connectivity index (χ0v) is 12.3. The normalized spacial score (nSPS) is 12.1. The Morgan fingerprint density at radius 1 is 1.12 bits per heavy atom. The van der Waals surface area contributed by atoms with Crippen LogP contribution in [-0.2, 0) is 18.1 Å². The van der Waals surface area contributed by atoms with Gasteiger partial charge in [0.05, 0.1) is 19.8 Å². The third-order valence-electron chi connectivity index (χ3n) is 1.52. The van der Waals surface area contributed by atoms with Crippen molar-refractivity contribution < 1.29 is 18.1 Å². The van der Waals surface area contributed by atoms with Crippen LogP contribution >= 0.6 is 7.82 Å². The van der Waals surface area contributed by atoms with Gasteiger partial charge in [-0.05, 0) is 31.4 Å². The van der Waals surface area contributed by atoms with E-state index in [-0.39, 0.29) is 12.0 Å². The van der Waals surface area contributed by atoms with E-state index in [1.54, 1.807) is 19.9 Å². The van der Waals surface area contributed by atoms with E-state index in [0.717, 1.165) is 0 Å². The summed E-state index contributed by atoms with van der Waals surface area (Å²) in [5.74, 6) is 0. The predicted octanol–water partition coefficient (Wildman–Crippen LogP) is 3.94. The van der Waals surface area contributed by atoms with Crippen LogP contribution in [0.1, 0.15) is 34.6 Å². The van der Waals surface area contributed by atoms with Crippen LogP contribution < -0.4 is 0 Å². The topological polar surface area (TPSA) is 44.8 Å². The standard InChI is InChI=1S/C12H23O4P/c1-6-14-17(13,15-7-2)16-11-9-8-10-12(3,4)5/h9-10H,6-7,11H2,1-5H3. The highest BCUT2D eigenvalue weighted by atomic mass is 31.2. The van der Waals surface area contributed by atoms with Crippen molar-refractivity contribution in [3.8, 4) is 0 Å². The van der Waals surface area contributed by atoms with Crippen LogP contribution in [0.15, 0.2) is 17.9 Å². The summed E-state index contributed by atoms with van der Waals surface area (Å²) in [5.41, 5.74) is 3.04. The van der Waals surface area contributed by atoms with Crippen LogP contribution in [0.25, 0.3) is 0 Å². The molecule has 5 heteroatoms. The first-order chi connectivity index (χ1) is 7.83. The fourth-order valence-electron chi connectivity index (χ4n) is 0.914. The van der Waals surface area contributed by atoms with E-state index in [1.165, 1.54) is 0 Å². The van der Waals surface area contributed by atoms with Crippen molar-refractivity contribution in [2.45, 2.75) is 34.6 Å². The summed E-state index contributed by atoms with van der Waals surface area (Å²) in [5, 5.41) is 0. The van der Waals surface area contributed by atoms with Crippen molar-refractivity contribution >= 4 is 7.82 Å². The lowest BCUT2D eigenvalue weighted by atomic mass is 9.97. The summed E-state index contributed by atoms with van der Waals surface area (Å²) in [4.78, 5) is 0. The molecule has 0 spiro atoms. The monoisotopic (exact) mass is 262 g/mol. The largest absolute Gasteiger partial charge is 0.475 e. The van der Waals surface area contributed by atoms with Gasteiger partial charge in [0.1, 0.15) is 0 Å². The van der Waals surface area contributed by atoms with E-state index in [0.29, 0.717) is 13.2 Å². The van der Waals surface area contributed by atoms with Gasteiger partial charge in [0.15, 0.2) is 0 Å². The van der Waals surface area contributed by atoms with Crippen LogP contribution in [-0.4, -0.2) is 19.8 Å². The fraction of sp³-hybridized carbons (Fsp3) is 0.750. The summed E-state index contributed by atoms with van der Waals surface area (Å²) in [6.07, 6.45) is 3.58. The number of phosphoric acid groups is 1. The number of phosphoric ester groups is 1. The van der Waals surface area contributed by atoms with Gasteiger partial charge in [-0.3, -0.25) is 13.6 Å². The Bertz CT molecular complexity index is 301. The minimum atomic E-state index is -3.39. The van der Waals surface area contributed by atoms with Crippen molar-refractivity contribution in [2.24, 2.45) is 5.41 Å². The summed E-state index contributed by atoms with van der Waals surface area (Å²) in [6, 6.07) is 0. The Balaban J connectivity index is 4.24. The van der Waals surface area contributed by atoms with Crippen molar-refractivity contribution in [3.63, 3.8) is 0 Å². The molecule has 0 aromatic rings. The molecule has 0 fully saturated rings. The van der Waals surface area contributed by atoms with Gasteiger partial charge in [0.2, 0.25) is 0 Å². The van der Waals surface area contributed by atoms with Crippen LogP contribution in [0.3, 0.4) is 0 Å². The molecule has 0 N–H and O–H groups in total. The average Bonchev–Trinajstić information content (AvgIpc) is 2.16. The van der Waals surface area contributed by atoms with Crippen LogP contribution in [0.5, 0.6) is 0 Å². The smallest absolute Gasteiger partial charge is 0.287 e. The molecule has 0 aliphatic rings. The Kier molecular flexibility index (Phi) is 7.69. The Morgan fingerprint density at radius 2 is 1.65 bits per heavy atom. The van der Waals surface area contributed by atoms with Gasteiger partial charge in [0, 0.05) is 0 Å². The second-order valence-electron chi connectivity index (χ2n) is 4.46. The molecule has 0 saturated carbocycles. The van der Waals surface area contributed by atoms with E-state index in [2.05, 4.69) is 26.5 Å². The average molecular weight is 262 g/mol. The van der Waals surface area contributed by atoms with Gasteiger partial charge in [-0.2, -0.15) is 0 Å². The fourth-order valence-corrected chi connectivity index (χ4v) is 2.03. The minimum absolute atomic E-state index is 0.0695. The zero-order valence-electron chi connectivity index (χ0n) is 11.4. The van der Waals surface area contributed by atoms with Gasteiger partial charge in [-0.15, -0.1) is 5.73 Å². The molecule has 4 nitrogen and oxygen atoms in total. The summed E-state index contributed by atoms with van der Waals surface area (Å²) in [6.45, 7) is 10.4. The molecule has 0 aromatic carbocycles. The Labute approximate surface area is 104 Å². The summed E-state index contributed by atoms with van der Waals surface area (Å²) < 4.78 is 26.9. The van der Waals surface area contributed by atoms with Crippen molar-refractivity contribution in [2.75, 3.05) is 19.8 Å². The second-order valence-corrected chi connectivity index (χ2v) is 6.13. The predicted molar refractivity (Wildman–Crippen MR) is 68.9 cm³/mol. The maximum atomic E-state index is 11.8. The third-order valence-corrected chi connectivity index (χ3v) is 3.14. The zero-order chi connectivity index (χ0) is 13.4. The lowest BCUT2D eigenvalue weighted by molar-refractivity contribution is 0.131. The van der Waals surface area contributed by atoms with E-state index in [4.69, 9.17) is 13.6 Å². The molecule has 0 aromatic heterocycles. The van der Waals surface area contributed by atoms with Crippen molar-refractivity contribution in [1.82, 2.24) is 0 Å². The molecule has 0 atom stereocenters. The first-order valence-electron chi connectivity index (χ1n) is 5.78.